The van der Waals surface area contributed by atoms with Crippen molar-refractivity contribution in [3.63, 3.8) is 0 Å². The third-order valence-corrected chi connectivity index (χ3v) is 3.30. The lowest BCUT2D eigenvalue weighted by Crippen LogP contribution is -2.58. The van der Waals surface area contributed by atoms with Gasteiger partial charge in [-0.25, -0.2) is 0 Å². The molecule has 14 heavy (non-hydrogen) atoms. The van der Waals surface area contributed by atoms with Gasteiger partial charge in [-0.1, -0.05) is 13.8 Å². The molecule has 2 unspecified atom stereocenters. The summed E-state index contributed by atoms with van der Waals surface area (Å²) in [5.74, 6) is 0.0139. The van der Waals surface area contributed by atoms with Crippen molar-refractivity contribution in [2.24, 2.45) is 5.41 Å². The Labute approximate surface area is 83.6 Å². The Morgan fingerprint density at radius 3 is 2.50 bits per heavy atom. The summed E-state index contributed by atoms with van der Waals surface area (Å²) in [6.45, 7) is 6.21. The summed E-state index contributed by atoms with van der Waals surface area (Å²) in [4.78, 5) is 24.8. The molecule has 0 aromatic carbocycles. The van der Waals surface area contributed by atoms with Crippen molar-refractivity contribution < 1.29 is 9.59 Å². The lowest BCUT2D eigenvalue weighted by atomic mass is 10.1. The van der Waals surface area contributed by atoms with Gasteiger partial charge in [0.2, 0.25) is 11.8 Å². The molecule has 0 radical (unpaired) electrons. The first-order valence-electron chi connectivity index (χ1n) is 5.02. The van der Waals surface area contributed by atoms with E-state index in [0.29, 0.717) is 0 Å². The van der Waals surface area contributed by atoms with Gasteiger partial charge in [-0.15, -0.1) is 0 Å². The molecule has 2 fully saturated rings. The molecule has 2 rings (SSSR count). The molecule has 1 saturated heterocycles. The molecule has 1 aliphatic heterocycles. The first kappa shape index (κ1) is 9.49. The second kappa shape index (κ2) is 2.72. The van der Waals surface area contributed by atoms with Crippen LogP contribution in [-0.4, -0.2) is 35.3 Å². The summed E-state index contributed by atoms with van der Waals surface area (Å²) < 4.78 is 0. The van der Waals surface area contributed by atoms with E-state index >= 15 is 0 Å². The highest BCUT2D eigenvalue weighted by molar-refractivity contribution is 5.95. The second-order valence-corrected chi connectivity index (χ2v) is 4.90. The minimum Gasteiger partial charge on any atom is -0.345 e. The number of nitrogens with one attached hydrogen (secondary N) is 1. The molecule has 78 valence electrons. The molecular weight excluding hydrogens is 180 g/mol. The largest absolute Gasteiger partial charge is 0.345 e. The van der Waals surface area contributed by atoms with E-state index in [4.69, 9.17) is 0 Å². The lowest BCUT2D eigenvalue weighted by molar-refractivity contribution is -0.146. The predicted octanol–water partition coefficient (Wildman–Crippen LogP) is 0.132. The molecule has 4 heteroatoms. The number of hydrogen-bond donors (Lipinski definition) is 1. The van der Waals surface area contributed by atoms with E-state index in [1.165, 1.54) is 0 Å². The summed E-state index contributed by atoms with van der Waals surface area (Å²) in [5, 5.41) is 2.59. The fourth-order valence-electron chi connectivity index (χ4n) is 2.10. The van der Waals surface area contributed by atoms with E-state index in [0.717, 1.165) is 6.42 Å². The first-order chi connectivity index (χ1) is 6.43. The summed E-state index contributed by atoms with van der Waals surface area (Å²) in [7, 11) is 0. The molecule has 2 amide bonds. The topological polar surface area (TPSA) is 49.4 Å². The Morgan fingerprint density at radius 2 is 2.00 bits per heavy atom. The van der Waals surface area contributed by atoms with Crippen molar-refractivity contribution in [3.05, 3.63) is 0 Å². The number of carbonyl (C=O) groups is 2. The molecule has 0 spiro atoms. The zero-order valence-corrected chi connectivity index (χ0v) is 8.83. The fourth-order valence-corrected chi connectivity index (χ4v) is 2.10. The number of amides is 2. The van der Waals surface area contributed by atoms with Crippen molar-refractivity contribution in [1.29, 1.82) is 0 Å². The molecule has 1 N–H and O–H groups in total. The van der Waals surface area contributed by atoms with Gasteiger partial charge in [0.25, 0.3) is 0 Å². The quantitative estimate of drug-likeness (QED) is 0.648. The third kappa shape index (κ3) is 1.29. The van der Waals surface area contributed by atoms with Gasteiger partial charge in [0, 0.05) is 6.04 Å². The number of rotatable bonds is 1. The zero-order chi connectivity index (χ0) is 10.5. The van der Waals surface area contributed by atoms with Crippen LogP contribution in [0.5, 0.6) is 0 Å². The maximum atomic E-state index is 11.6. The summed E-state index contributed by atoms with van der Waals surface area (Å²) in [6.07, 6.45) is 1.01. The molecule has 1 aliphatic carbocycles. The lowest BCUT2D eigenvalue weighted by Gasteiger charge is -2.34. The first-order valence-corrected chi connectivity index (χ1v) is 5.02. The van der Waals surface area contributed by atoms with E-state index in [9.17, 15) is 9.59 Å². The monoisotopic (exact) mass is 196 g/mol. The van der Waals surface area contributed by atoms with Crippen molar-refractivity contribution >= 4 is 11.8 Å². The number of piperazine rings is 1. The van der Waals surface area contributed by atoms with Crippen LogP contribution in [0.3, 0.4) is 0 Å². The maximum absolute atomic E-state index is 11.6. The molecule has 2 atom stereocenters. The van der Waals surface area contributed by atoms with Crippen LogP contribution in [0.2, 0.25) is 0 Å². The zero-order valence-electron chi connectivity index (χ0n) is 8.83. The van der Waals surface area contributed by atoms with E-state index in [1.54, 1.807) is 11.8 Å². The number of nitrogens with zero attached hydrogens (tertiary/aromatic N) is 1. The van der Waals surface area contributed by atoms with Crippen LogP contribution in [0.1, 0.15) is 27.2 Å². The van der Waals surface area contributed by atoms with Gasteiger partial charge in [0.15, 0.2) is 0 Å². The van der Waals surface area contributed by atoms with Crippen molar-refractivity contribution in [3.8, 4) is 0 Å². The van der Waals surface area contributed by atoms with Crippen LogP contribution in [0, 0.1) is 5.41 Å². The highest BCUT2D eigenvalue weighted by Gasteiger charge is 2.53. The van der Waals surface area contributed by atoms with Crippen LogP contribution in [0.4, 0.5) is 0 Å². The van der Waals surface area contributed by atoms with E-state index in [1.807, 2.05) is 0 Å². The molecule has 4 nitrogen and oxygen atoms in total. The fraction of sp³-hybridized carbons (Fsp3) is 0.800. The molecular formula is C10H16N2O2. The van der Waals surface area contributed by atoms with E-state index in [-0.39, 0.29) is 35.9 Å². The second-order valence-electron chi connectivity index (χ2n) is 4.90. The van der Waals surface area contributed by atoms with Crippen LogP contribution in [0.25, 0.3) is 0 Å². The van der Waals surface area contributed by atoms with Gasteiger partial charge >= 0.3 is 0 Å². The minimum absolute atomic E-state index is 0.0349. The Bertz CT molecular complexity index is 298. The summed E-state index contributed by atoms with van der Waals surface area (Å²) in [5.41, 5.74) is 0.196. The standard InChI is InChI=1S/C10H16N2O2/c1-6-9(14)11-5-8(13)12(6)7-4-10(7,2)3/h6-7H,4-5H2,1-3H3,(H,11,14). The number of hydrogen-bond acceptors (Lipinski definition) is 2. The number of carbonyl (C=O) groups excluding carboxylic acids is 2. The third-order valence-electron chi connectivity index (χ3n) is 3.30. The van der Waals surface area contributed by atoms with Gasteiger partial charge in [-0.05, 0) is 18.8 Å². The van der Waals surface area contributed by atoms with Crippen LogP contribution < -0.4 is 5.32 Å². The van der Waals surface area contributed by atoms with Gasteiger partial charge < -0.3 is 10.2 Å². The predicted molar refractivity (Wildman–Crippen MR) is 51.5 cm³/mol. The van der Waals surface area contributed by atoms with Crippen LogP contribution >= 0.6 is 0 Å². The van der Waals surface area contributed by atoms with Crippen molar-refractivity contribution in [2.45, 2.75) is 39.3 Å². The van der Waals surface area contributed by atoms with Gasteiger partial charge in [0.05, 0.1) is 6.54 Å². The Kier molecular flexibility index (Phi) is 1.84. The normalized spacial score (nSPS) is 35.5. The Hall–Kier alpha value is -1.06. The Balaban J connectivity index is 2.16. The molecule has 1 heterocycles. The molecule has 0 aromatic heterocycles. The van der Waals surface area contributed by atoms with Crippen molar-refractivity contribution in [1.82, 2.24) is 10.2 Å². The molecule has 1 saturated carbocycles. The smallest absolute Gasteiger partial charge is 0.242 e. The molecule has 0 bridgehead atoms. The van der Waals surface area contributed by atoms with Gasteiger partial charge in [-0.2, -0.15) is 0 Å². The SMILES string of the molecule is CC1C(=O)NCC(=O)N1C1CC1(C)C. The van der Waals surface area contributed by atoms with Crippen molar-refractivity contribution in [2.75, 3.05) is 6.54 Å². The van der Waals surface area contributed by atoms with Crippen LogP contribution in [0.15, 0.2) is 0 Å². The highest BCUT2D eigenvalue weighted by atomic mass is 16.2. The maximum Gasteiger partial charge on any atom is 0.242 e. The minimum atomic E-state index is -0.303. The highest BCUT2D eigenvalue weighted by Crippen LogP contribution is 2.49. The van der Waals surface area contributed by atoms with E-state index < -0.39 is 0 Å². The molecule has 0 aromatic rings. The van der Waals surface area contributed by atoms with Gasteiger partial charge in [0.1, 0.15) is 6.04 Å². The average Bonchev–Trinajstić information content (AvgIpc) is 2.69. The Morgan fingerprint density at radius 1 is 1.43 bits per heavy atom. The average molecular weight is 196 g/mol. The van der Waals surface area contributed by atoms with Crippen LogP contribution in [-0.2, 0) is 9.59 Å². The van der Waals surface area contributed by atoms with E-state index in [2.05, 4.69) is 19.2 Å². The molecule has 2 aliphatic rings. The summed E-state index contributed by atoms with van der Waals surface area (Å²) >= 11 is 0. The summed E-state index contributed by atoms with van der Waals surface area (Å²) in [6, 6.07) is -0.0425. The van der Waals surface area contributed by atoms with Gasteiger partial charge in [-0.3, -0.25) is 9.59 Å².